The molecular weight excluding hydrogens is 262 g/mol. The average Bonchev–Trinajstić information content (AvgIpc) is 2.35. The van der Waals surface area contributed by atoms with Crippen LogP contribution in [0.3, 0.4) is 0 Å². The van der Waals surface area contributed by atoms with Crippen molar-refractivity contribution in [1.29, 1.82) is 0 Å². The monoisotopic (exact) mass is 283 g/mol. The van der Waals surface area contributed by atoms with Crippen LogP contribution in [0.4, 0.5) is 0 Å². The van der Waals surface area contributed by atoms with Crippen LogP contribution in [0.25, 0.3) is 0 Å². The van der Waals surface area contributed by atoms with Gasteiger partial charge in [-0.15, -0.1) is 0 Å². The highest BCUT2D eigenvalue weighted by Crippen LogP contribution is 2.27. The van der Waals surface area contributed by atoms with Crippen LogP contribution in [0.5, 0.6) is 11.5 Å². The third-order valence-electron chi connectivity index (χ3n) is 2.31. The van der Waals surface area contributed by atoms with Gasteiger partial charge < -0.3 is 14.0 Å². The minimum atomic E-state index is -1.26. The van der Waals surface area contributed by atoms with Crippen molar-refractivity contribution in [3.63, 3.8) is 0 Å². The molecule has 106 valence electrons. The van der Waals surface area contributed by atoms with Gasteiger partial charge in [-0.1, -0.05) is 4.40 Å². The Bertz CT molecular complexity index is 441. The van der Waals surface area contributed by atoms with Crippen LogP contribution in [0.1, 0.15) is 33.3 Å². The second-order valence-corrected chi connectivity index (χ2v) is 6.87. The van der Waals surface area contributed by atoms with E-state index in [0.717, 1.165) is 5.56 Å². The van der Waals surface area contributed by atoms with Crippen LogP contribution in [0.15, 0.2) is 22.6 Å². The molecule has 0 radical (unpaired) electrons. The van der Waals surface area contributed by atoms with Gasteiger partial charge in [-0.3, -0.25) is 0 Å². The molecule has 0 aliphatic carbocycles. The van der Waals surface area contributed by atoms with Gasteiger partial charge in [-0.25, -0.2) is 0 Å². The first-order valence-corrected chi connectivity index (χ1v) is 7.26. The Labute approximate surface area is 118 Å². The zero-order valence-corrected chi connectivity index (χ0v) is 12.9. The van der Waals surface area contributed by atoms with E-state index in [2.05, 4.69) is 4.40 Å². The molecule has 0 heterocycles. The first-order chi connectivity index (χ1) is 8.88. The number of methoxy groups -OCH3 is 1. The molecule has 0 fully saturated rings. The highest BCUT2D eigenvalue weighted by molar-refractivity contribution is 7.91. The second-order valence-electron chi connectivity index (χ2n) is 4.94. The fraction of sp³-hybridized carbons (Fsp3) is 0.500. The molecule has 0 amide bonds. The van der Waals surface area contributed by atoms with Gasteiger partial charge in [-0.2, -0.15) is 0 Å². The minimum absolute atomic E-state index is 0.355. The number of ether oxygens (including phenoxy) is 2. The van der Waals surface area contributed by atoms with Gasteiger partial charge in [0.15, 0.2) is 11.5 Å². The van der Waals surface area contributed by atoms with Crippen molar-refractivity contribution in [2.45, 2.75) is 32.4 Å². The second kappa shape index (κ2) is 6.82. The number of hydrogen-bond donors (Lipinski definition) is 0. The molecule has 0 aliphatic heterocycles. The first kappa shape index (κ1) is 15.9. The molecule has 19 heavy (non-hydrogen) atoms. The Morgan fingerprint density at radius 1 is 1.32 bits per heavy atom. The van der Waals surface area contributed by atoms with Crippen molar-refractivity contribution in [2.75, 3.05) is 13.7 Å². The molecule has 0 saturated heterocycles. The van der Waals surface area contributed by atoms with Gasteiger partial charge in [0.25, 0.3) is 0 Å². The van der Waals surface area contributed by atoms with E-state index in [0.29, 0.717) is 18.1 Å². The quantitative estimate of drug-likeness (QED) is 0.616. The van der Waals surface area contributed by atoms with Gasteiger partial charge in [0.2, 0.25) is 0 Å². The van der Waals surface area contributed by atoms with Gasteiger partial charge in [0, 0.05) is 5.56 Å². The molecule has 1 rings (SSSR count). The van der Waals surface area contributed by atoms with E-state index in [1.54, 1.807) is 13.3 Å². The van der Waals surface area contributed by atoms with Gasteiger partial charge in [0.05, 0.1) is 19.9 Å². The summed E-state index contributed by atoms with van der Waals surface area (Å²) in [5.41, 5.74) is 0.835. The van der Waals surface area contributed by atoms with Crippen molar-refractivity contribution in [3.8, 4) is 11.5 Å². The summed E-state index contributed by atoms with van der Waals surface area (Å²) < 4.78 is 26.2. The topological polar surface area (TPSA) is 53.9 Å². The molecule has 1 aromatic carbocycles. The summed E-state index contributed by atoms with van der Waals surface area (Å²) in [6.45, 7) is 8.14. The highest BCUT2D eigenvalue weighted by Gasteiger charge is 2.25. The Kier molecular flexibility index (Phi) is 5.69. The Morgan fingerprint density at radius 2 is 2.00 bits per heavy atom. The SMILES string of the molecule is CCOc1cc(/C=N/[S@+]([O-])C(C)(C)C)ccc1OC. The summed E-state index contributed by atoms with van der Waals surface area (Å²) in [4.78, 5) is 0. The maximum absolute atomic E-state index is 11.8. The molecule has 5 heteroatoms. The van der Waals surface area contributed by atoms with E-state index in [9.17, 15) is 4.55 Å². The largest absolute Gasteiger partial charge is 0.591 e. The van der Waals surface area contributed by atoms with E-state index in [1.807, 2.05) is 45.9 Å². The summed E-state index contributed by atoms with van der Waals surface area (Å²) >= 11 is -1.26. The maximum atomic E-state index is 11.8. The molecule has 0 unspecified atom stereocenters. The van der Waals surface area contributed by atoms with Gasteiger partial charge in [-0.05, 0) is 45.9 Å². The molecule has 0 N–H and O–H groups in total. The summed E-state index contributed by atoms with van der Waals surface area (Å²) in [5, 5.41) is 0. The van der Waals surface area contributed by atoms with Crippen molar-refractivity contribution in [2.24, 2.45) is 4.40 Å². The lowest BCUT2D eigenvalue weighted by Crippen LogP contribution is -2.25. The van der Waals surface area contributed by atoms with Crippen LogP contribution in [-0.4, -0.2) is 29.2 Å². The Balaban J connectivity index is 2.90. The van der Waals surface area contributed by atoms with E-state index >= 15 is 0 Å². The summed E-state index contributed by atoms with van der Waals surface area (Å²) in [7, 11) is 1.60. The third kappa shape index (κ3) is 4.76. The van der Waals surface area contributed by atoms with Crippen molar-refractivity contribution in [3.05, 3.63) is 23.8 Å². The van der Waals surface area contributed by atoms with Crippen LogP contribution in [0, 0.1) is 0 Å². The van der Waals surface area contributed by atoms with Gasteiger partial charge in [0.1, 0.15) is 16.1 Å². The smallest absolute Gasteiger partial charge is 0.161 e. The number of benzene rings is 1. The van der Waals surface area contributed by atoms with Crippen LogP contribution < -0.4 is 9.47 Å². The lowest BCUT2D eigenvalue weighted by Gasteiger charge is -2.17. The van der Waals surface area contributed by atoms with Crippen LogP contribution >= 0.6 is 0 Å². The standard InChI is InChI=1S/C14H21NO3S/c1-6-18-13-9-11(7-8-12(13)17-5)10-15-19(16)14(2,3)4/h7-10H,6H2,1-5H3/b15-10+/t19-/m1/s1. The van der Waals surface area contributed by atoms with Crippen molar-refractivity contribution >= 4 is 17.6 Å². The maximum Gasteiger partial charge on any atom is 0.161 e. The molecular formula is C14H21NO3S. The molecule has 0 spiro atoms. The molecule has 1 atom stereocenters. The number of hydrogen-bond acceptors (Lipinski definition) is 4. The zero-order chi connectivity index (χ0) is 14.5. The normalized spacial score (nSPS) is 13.6. The predicted molar refractivity (Wildman–Crippen MR) is 79.7 cm³/mol. The zero-order valence-electron chi connectivity index (χ0n) is 12.1. The molecule has 0 aromatic heterocycles. The van der Waals surface area contributed by atoms with Gasteiger partial charge >= 0.3 is 0 Å². The third-order valence-corrected chi connectivity index (χ3v) is 3.65. The summed E-state index contributed by atoms with van der Waals surface area (Å²) in [5.74, 6) is 1.34. The average molecular weight is 283 g/mol. The summed E-state index contributed by atoms with van der Waals surface area (Å²) in [6, 6.07) is 5.49. The first-order valence-electron chi connectivity index (χ1n) is 6.15. The minimum Gasteiger partial charge on any atom is -0.591 e. The molecule has 1 aromatic rings. The highest BCUT2D eigenvalue weighted by atomic mass is 32.2. The lowest BCUT2D eigenvalue weighted by molar-refractivity contribution is 0.311. The Hall–Kier alpha value is -1.20. The molecule has 0 saturated carbocycles. The van der Waals surface area contributed by atoms with Crippen LogP contribution in [-0.2, 0) is 11.4 Å². The van der Waals surface area contributed by atoms with Crippen molar-refractivity contribution in [1.82, 2.24) is 0 Å². The molecule has 0 bridgehead atoms. The van der Waals surface area contributed by atoms with E-state index in [-0.39, 0.29) is 4.75 Å². The van der Waals surface area contributed by atoms with Crippen LogP contribution in [0.2, 0.25) is 0 Å². The fourth-order valence-electron chi connectivity index (χ4n) is 1.31. The van der Waals surface area contributed by atoms with E-state index < -0.39 is 11.4 Å². The van der Waals surface area contributed by atoms with E-state index in [1.165, 1.54) is 0 Å². The Morgan fingerprint density at radius 3 is 2.53 bits per heavy atom. The molecule has 4 nitrogen and oxygen atoms in total. The lowest BCUT2D eigenvalue weighted by atomic mass is 10.2. The number of rotatable bonds is 5. The van der Waals surface area contributed by atoms with E-state index in [4.69, 9.17) is 9.47 Å². The fourth-order valence-corrected chi connectivity index (χ4v) is 1.84. The summed E-state index contributed by atoms with van der Waals surface area (Å²) in [6.07, 6.45) is 1.60. The predicted octanol–water partition coefficient (Wildman–Crippen LogP) is 2.98. The van der Waals surface area contributed by atoms with Crippen molar-refractivity contribution < 1.29 is 14.0 Å². The molecule has 0 aliphatic rings. The number of nitrogens with zero attached hydrogens (tertiary/aromatic N) is 1.